The molecule has 3 rings (SSSR count). The summed E-state index contributed by atoms with van der Waals surface area (Å²) in [4.78, 5) is 0. The van der Waals surface area contributed by atoms with Gasteiger partial charge in [0.2, 0.25) is 0 Å². The molecule has 0 saturated carbocycles. The van der Waals surface area contributed by atoms with Crippen molar-refractivity contribution in [3.8, 4) is 5.75 Å². The zero-order valence-electron chi connectivity index (χ0n) is 15.2. The van der Waals surface area contributed by atoms with Crippen LogP contribution in [0.3, 0.4) is 0 Å². The number of fused-ring (bicyclic) bond motifs is 1. The number of ether oxygens (including phenoxy) is 1. The summed E-state index contributed by atoms with van der Waals surface area (Å²) in [6.45, 7) is 8.90. The maximum atomic E-state index is 5.35. The summed E-state index contributed by atoms with van der Waals surface area (Å²) < 4.78 is 5.35. The van der Waals surface area contributed by atoms with Crippen LogP contribution in [-0.4, -0.2) is 7.11 Å². The molecule has 0 atom stereocenters. The Hall–Kier alpha value is -2.41. The molecule has 1 heteroatoms. The van der Waals surface area contributed by atoms with Crippen molar-refractivity contribution < 1.29 is 4.74 Å². The number of hydrogen-bond acceptors (Lipinski definition) is 1. The van der Waals surface area contributed by atoms with Gasteiger partial charge in [0.25, 0.3) is 0 Å². The summed E-state index contributed by atoms with van der Waals surface area (Å²) in [6, 6.07) is 15.1. The first-order valence-corrected chi connectivity index (χ1v) is 8.52. The van der Waals surface area contributed by atoms with Crippen LogP contribution in [0.2, 0.25) is 0 Å². The normalized spacial score (nSPS) is 14.8. The van der Waals surface area contributed by atoms with Crippen molar-refractivity contribution in [2.75, 3.05) is 7.11 Å². The third-order valence-electron chi connectivity index (χ3n) is 4.67. The molecule has 122 valence electrons. The molecule has 0 radical (unpaired) electrons. The maximum Gasteiger partial charge on any atom is 0.120 e. The van der Waals surface area contributed by atoms with E-state index in [1.807, 2.05) is 12.1 Å². The van der Waals surface area contributed by atoms with E-state index in [1.54, 1.807) is 7.11 Å². The summed E-state index contributed by atoms with van der Waals surface area (Å²) >= 11 is 0. The second-order valence-electron chi connectivity index (χ2n) is 6.81. The topological polar surface area (TPSA) is 9.23 Å². The van der Waals surface area contributed by atoms with Crippen molar-refractivity contribution in [2.24, 2.45) is 0 Å². The van der Waals surface area contributed by atoms with Crippen LogP contribution in [-0.2, 0) is 0 Å². The molecule has 24 heavy (non-hydrogen) atoms. The third kappa shape index (κ3) is 3.12. The second kappa shape index (κ2) is 6.60. The molecule has 0 aromatic heterocycles. The van der Waals surface area contributed by atoms with Crippen LogP contribution in [0.4, 0.5) is 0 Å². The van der Waals surface area contributed by atoms with Crippen LogP contribution in [0.1, 0.15) is 54.5 Å². The molecule has 0 unspecified atom stereocenters. The predicted octanol–water partition coefficient (Wildman–Crippen LogP) is 6.37. The number of aryl methyl sites for hydroxylation is 1. The van der Waals surface area contributed by atoms with Crippen LogP contribution < -0.4 is 4.74 Å². The molecule has 0 spiro atoms. The van der Waals surface area contributed by atoms with E-state index >= 15 is 0 Å². The van der Waals surface area contributed by atoms with Gasteiger partial charge >= 0.3 is 0 Å². The lowest BCUT2D eigenvalue weighted by atomic mass is 9.99. The Bertz CT molecular complexity index is 845. The van der Waals surface area contributed by atoms with E-state index in [0.717, 1.165) is 11.3 Å². The van der Waals surface area contributed by atoms with Gasteiger partial charge in [-0.25, -0.2) is 0 Å². The molecule has 1 aliphatic rings. The highest BCUT2D eigenvalue weighted by Crippen LogP contribution is 2.39. The Morgan fingerprint density at radius 3 is 2.54 bits per heavy atom. The molecule has 0 heterocycles. The lowest BCUT2D eigenvalue weighted by molar-refractivity contribution is 0.414. The van der Waals surface area contributed by atoms with Gasteiger partial charge in [-0.1, -0.05) is 19.9 Å². The Kier molecular flexibility index (Phi) is 4.53. The Morgan fingerprint density at radius 2 is 1.83 bits per heavy atom. The predicted molar refractivity (Wildman–Crippen MR) is 104 cm³/mol. The van der Waals surface area contributed by atoms with Crippen molar-refractivity contribution in [1.82, 2.24) is 0 Å². The molecule has 2 aromatic carbocycles. The average Bonchev–Trinajstić information content (AvgIpc) is 2.74. The largest absolute Gasteiger partial charge is 0.497 e. The molecule has 2 aromatic rings. The van der Waals surface area contributed by atoms with E-state index in [0.29, 0.717) is 5.92 Å². The number of hydrogen-bond donors (Lipinski definition) is 0. The van der Waals surface area contributed by atoms with E-state index in [2.05, 4.69) is 70.2 Å². The molecular formula is C23H25O+. The summed E-state index contributed by atoms with van der Waals surface area (Å²) in [5.74, 6) is 1.42. The molecule has 0 aliphatic heterocycles. The van der Waals surface area contributed by atoms with E-state index in [9.17, 15) is 0 Å². The quantitative estimate of drug-likeness (QED) is 0.598. The van der Waals surface area contributed by atoms with E-state index in [-0.39, 0.29) is 0 Å². The zero-order chi connectivity index (χ0) is 17.3. The smallest absolute Gasteiger partial charge is 0.120 e. The highest BCUT2D eigenvalue weighted by Gasteiger charge is 2.24. The first-order valence-electron chi connectivity index (χ1n) is 8.52. The minimum Gasteiger partial charge on any atom is -0.497 e. The lowest BCUT2D eigenvalue weighted by Crippen LogP contribution is -1.86. The highest BCUT2D eigenvalue weighted by molar-refractivity contribution is 6.02. The first kappa shape index (κ1) is 16.4. The average molecular weight is 317 g/mol. The summed E-state index contributed by atoms with van der Waals surface area (Å²) in [6.07, 6.45) is 4.54. The van der Waals surface area contributed by atoms with Crippen molar-refractivity contribution in [1.29, 1.82) is 0 Å². The number of methoxy groups -OCH3 is 1. The minimum absolute atomic E-state index is 0.528. The fourth-order valence-corrected chi connectivity index (χ4v) is 3.27. The fourth-order valence-electron chi connectivity index (χ4n) is 3.27. The molecular weight excluding hydrogens is 292 g/mol. The van der Waals surface area contributed by atoms with Crippen molar-refractivity contribution in [3.05, 3.63) is 76.4 Å². The van der Waals surface area contributed by atoms with Gasteiger partial charge in [-0.2, -0.15) is 0 Å². The highest BCUT2D eigenvalue weighted by atomic mass is 16.5. The molecule has 0 amide bonds. The van der Waals surface area contributed by atoms with Gasteiger partial charge in [0.15, 0.2) is 0 Å². The van der Waals surface area contributed by atoms with Gasteiger partial charge in [-0.3, -0.25) is 0 Å². The van der Waals surface area contributed by atoms with Gasteiger partial charge in [0.05, 0.1) is 23.8 Å². The first-order chi connectivity index (χ1) is 11.5. The van der Waals surface area contributed by atoms with Crippen molar-refractivity contribution in [3.63, 3.8) is 0 Å². The van der Waals surface area contributed by atoms with Crippen molar-refractivity contribution >= 4 is 17.2 Å². The Morgan fingerprint density at radius 1 is 1.04 bits per heavy atom. The van der Waals surface area contributed by atoms with Gasteiger partial charge in [0.1, 0.15) is 5.75 Å². The monoisotopic (exact) mass is 317 g/mol. The van der Waals surface area contributed by atoms with Crippen molar-refractivity contribution in [2.45, 2.75) is 33.6 Å². The lowest BCUT2D eigenvalue weighted by Gasteiger charge is -2.01. The molecule has 0 bridgehead atoms. The van der Waals surface area contributed by atoms with Gasteiger partial charge in [0, 0.05) is 34.9 Å². The SMILES string of the molecule is COc1cccc(/C=C2\C=C(C)c3cc(C(C)C)ccc(C)[c+]32)c1. The van der Waals surface area contributed by atoms with Gasteiger partial charge < -0.3 is 4.74 Å². The van der Waals surface area contributed by atoms with Crippen LogP contribution in [0, 0.1) is 6.92 Å². The Labute approximate surface area is 145 Å². The van der Waals surface area contributed by atoms with Crippen LogP contribution in [0.5, 0.6) is 5.75 Å². The molecule has 1 aliphatic carbocycles. The number of rotatable bonds is 3. The molecule has 0 saturated heterocycles. The maximum absolute atomic E-state index is 5.35. The third-order valence-corrected chi connectivity index (χ3v) is 4.67. The van der Waals surface area contributed by atoms with E-state index < -0.39 is 0 Å². The van der Waals surface area contributed by atoms with Crippen LogP contribution in [0.25, 0.3) is 17.2 Å². The second-order valence-corrected chi connectivity index (χ2v) is 6.81. The molecule has 0 N–H and O–H groups in total. The summed E-state index contributed by atoms with van der Waals surface area (Å²) in [5, 5.41) is 0. The molecule has 1 nitrogen and oxygen atoms in total. The van der Waals surface area contributed by atoms with Crippen LogP contribution in [0.15, 0.2) is 48.5 Å². The van der Waals surface area contributed by atoms with Gasteiger partial charge in [-0.15, -0.1) is 0 Å². The zero-order valence-corrected chi connectivity index (χ0v) is 15.2. The standard InChI is InChI=1S/C23H25O/c1-15(2)19-10-9-16(3)23-20(11-17(4)22(23)14-19)12-18-7-6-8-21(13-18)24-5/h6-15H,1-5H3/q+1/b20-12+. The Balaban J connectivity index is 2.16. The van der Waals surface area contributed by atoms with E-state index in [1.165, 1.54) is 33.4 Å². The fraction of sp³-hybridized carbons (Fsp3) is 0.261. The van der Waals surface area contributed by atoms with Crippen LogP contribution >= 0.6 is 0 Å². The van der Waals surface area contributed by atoms with E-state index in [4.69, 9.17) is 4.74 Å². The number of allylic oxidation sites excluding steroid dienone is 3. The number of benzene rings is 1. The summed E-state index contributed by atoms with van der Waals surface area (Å²) in [7, 11) is 1.71. The minimum atomic E-state index is 0.528. The molecule has 0 fully saturated rings. The summed E-state index contributed by atoms with van der Waals surface area (Å²) in [5.41, 5.74) is 9.18. The van der Waals surface area contributed by atoms with Gasteiger partial charge in [-0.05, 0) is 55.7 Å².